The molecule has 0 bridgehead atoms. The molecule has 0 atom stereocenters. The molecule has 0 radical (unpaired) electrons. The van der Waals surface area contributed by atoms with Gasteiger partial charge in [0.25, 0.3) is 5.91 Å². The number of amides is 2. The summed E-state index contributed by atoms with van der Waals surface area (Å²) in [7, 11) is 1.56. The number of anilines is 2. The quantitative estimate of drug-likeness (QED) is 0.454. The maximum atomic E-state index is 12.7. The van der Waals surface area contributed by atoms with Crippen molar-refractivity contribution >= 4 is 40.4 Å². The number of hydrogen-bond acceptors (Lipinski definition) is 5. The molecule has 168 valence electrons. The molecule has 33 heavy (non-hydrogen) atoms. The summed E-state index contributed by atoms with van der Waals surface area (Å²) < 4.78 is 7.35. The Bertz CT molecular complexity index is 1410. The number of aryl methyl sites for hydroxylation is 1. The van der Waals surface area contributed by atoms with Crippen LogP contribution in [0.3, 0.4) is 0 Å². The van der Waals surface area contributed by atoms with Gasteiger partial charge in [-0.3, -0.25) is 9.59 Å². The van der Waals surface area contributed by atoms with Crippen LogP contribution in [-0.2, 0) is 11.3 Å². The number of nitrogens with one attached hydrogen (secondary N) is 2. The van der Waals surface area contributed by atoms with Gasteiger partial charge in [-0.15, -0.1) is 5.10 Å². The lowest BCUT2D eigenvalue weighted by Gasteiger charge is -2.06. The second-order valence-corrected chi connectivity index (χ2v) is 7.69. The van der Waals surface area contributed by atoms with Crippen molar-refractivity contribution in [3.05, 3.63) is 87.4 Å². The molecule has 4 rings (SSSR count). The number of methoxy groups -OCH3 is 1. The van der Waals surface area contributed by atoms with Gasteiger partial charge in [-0.05, 0) is 61.0 Å². The Morgan fingerprint density at radius 1 is 1.03 bits per heavy atom. The molecule has 0 spiro atoms. The van der Waals surface area contributed by atoms with E-state index in [-0.39, 0.29) is 12.1 Å². The number of pyridine rings is 1. The highest BCUT2D eigenvalue weighted by atomic mass is 35.5. The number of ether oxygens (including phenoxy) is 1. The molecule has 0 saturated heterocycles. The van der Waals surface area contributed by atoms with Crippen LogP contribution in [0, 0.1) is 6.92 Å². The van der Waals surface area contributed by atoms with Crippen LogP contribution in [0.1, 0.15) is 15.9 Å². The van der Waals surface area contributed by atoms with E-state index in [0.29, 0.717) is 27.8 Å². The molecule has 9 nitrogen and oxygen atoms in total. The zero-order chi connectivity index (χ0) is 23.5. The monoisotopic (exact) mass is 465 g/mol. The third-order valence-electron chi connectivity index (χ3n) is 4.94. The SMILES string of the molecule is COc1ccc(NC(=O)c2ccc3nn(CC(=O)Nc4ccc(C)c(Cl)c4)c(=O)n3c2)cc1. The maximum Gasteiger partial charge on any atom is 0.350 e. The first-order valence-electron chi connectivity index (χ1n) is 9.94. The molecular weight excluding hydrogens is 446 g/mol. The number of carbonyl (C=O) groups excluding carboxylic acids is 2. The number of rotatable bonds is 6. The van der Waals surface area contributed by atoms with E-state index in [1.807, 2.05) is 6.92 Å². The van der Waals surface area contributed by atoms with Crippen LogP contribution in [0.5, 0.6) is 5.75 Å². The minimum Gasteiger partial charge on any atom is -0.497 e. The maximum absolute atomic E-state index is 12.7. The lowest BCUT2D eigenvalue weighted by Crippen LogP contribution is -2.28. The number of hydrogen-bond donors (Lipinski definition) is 2. The van der Waals surface area contributed by atoms with Crippen LogP contribution in [0.4, 0.5) is 11.4 Å². The van der Waals surface area contributed by atoms with Crippen LogP contribution in [-0.4, -0.2) is 33.1 Å². The third-order valence-corrected chi connectivity index (χ3v) is 5.34. The van der Waals surface area contributed by atoms with Crippen LogP contribution in [0.15, 0.2) is 65.6 Å². The standard InChI is InChI=1S/C23H20ClN5O4/c1-14-3-5-17(11-19(14)24)25-21(30)13-29-23(32)28-12-15(4-10-20(28)27-29)22(31)26-16-6-8-18(33-2)9-7-16/h3-12H,13H2,1-2H3,(H,25,30)(H,26,31). The summed E-state index contributed by atoms with van der Waals surface area (Å²) in [6.07, 6.45) is 1.39. The van der Waals surface area contributed by atoms with Crippen molar-refractivity contribution in [2.75, 3.05) is 17.7 Å². The summed E-state index contributed by atoms with van der Waals surface area (Å²) in [5, 5.41) is 10.1. The lowest BCUT2D eigenvalue weighted by atomic mass is 10.2. The summed E-state index contributed by atoms with van der Waals surface area (Å²) in [5.74, 6) is -0.156. The van der Waals surface area contributed by atoms with Crippen molar-refractivity contribution in [2.45, 2.75) is 13.5 Å². The van der Waals surface area contributed by atoms with E-state index in [0.717, 1.165) is 10.2 Å². The minimum absolute atomic E-state index is 0.263. The number of aromatic nitrogens is 3. The van der Waals surface area contributed by atoms with Gasteiger partial charge < -0.3 is 15.4 Å². The van der Waals surface area contributed by atoms with Gasteiger partial charge in [-0.1, -0.05) is 17.7 Å². The molecule has 2 amide bonds. The van der Waals surface area contributed by atoms with Gasteiger partial charge in [0.05, 0.1) is 12.7 Å². The molecule has 2 heterocycles. The van der Waals surface area contributed by atoms with Crippen molar-refractivity contribution in [1.29, 1.82) is 0 Å². The fourth-order valence-electron chi connectivity index (χ4n) is 3.14. The first-order valence-corrected chi connectivity index (χ1v) is 10.3. The Balaban J connectivity index is 1.50. The topological polar surface area (TPSA) is 107 Å². The average molecular weight is 466 g/mol. The Kier molecular flexibility index (Phi) is 6.14. The normalized spacial score (nSPS) is 10.8. The number of benzene rings is 2. The van der Waals surface area contributed by atoms with Crippen molar-refractivity contribution in [3.63, 3.8) is 0 Å². The highest BCUT2D eigenvalue weighted by Gasteiger charge is 2.14. The Morgan fingerprint density at radius 2 is 1.76 bits per heavy atom. The van der Waals surface area contributed by atoms with Gasteiger partial charge in [0.15, 0.2) is 5.65 Å². The number of carbonyl (C=O) groups is 2. The molecule has 0 unspecified atom stereocenters. The van der Waals surface area contributed by atoms with Crippen molar-refractivity contribution < 1.29 is 14.3 Å². The van der Waals surface area contributed by atoms with E-state index in [1.165, 1.54) is 10.6 Å². The van der Waals surface area contributed by atoms with Gasteiger partial charge in [-0.25, -0.2) is 13.9 Å². The molecule has 0 aliphatic carbocycles. The molecule has 10 heteroatoms. The second-order valence-electron chi connectivity index (χ2n) is 7.28. The van der Waals surface area contributed by atoms with Gasteiger partial charge in [0.1, 0.15) is 12.3 Å². The van der Waals surface area contributed by atoms with E-state index >= 15 is 0 Å². The van der Waals surface area contributed by atoms with E-state index < -0.39 is 17.5 Å². The summed E-state index contributed by atoms with van der Waals surface area (Å²) in [5.41, 5.74) is 2.02. The summed E-state index contributed by atoms with van der Waals surface area (Å²) >= 11 is 6.08. The number of halogens is 1. The zero-order valence-electron chi connectivity index (χ0n) is 17.8. The fraction of sp³-hybridized carbons (Fsp3) is 0.130. The molecule has 0 saturated carbocycles. The predicted octanol–water partition coefficient (Wildman–Crippen LogP) is 3.36. The Labute approximate surface area is 193 Å². The highest BCUT2D eigenvalue weighted by molar-refractivity contribution is 6.31. The Hall–Kier alpha value is -4.11. The molecule has 0 aliphatic rings. The van der Waals surface area contributed by atoms with Gasteiger partial charge in [0, 0.05) is 22.6 Å². The lowest BCUT2D eigenvalue weighted by molar-refractivity contribution is -0.117. The molecule has 4 aromatic rings. The van der Waals surface area contributed by atoms with Crippen molar-refractivity contribution in [2.24, 2.45) is 0 Å². The minimum atomic E-state index is -0.541. The van der Waals surface area contributed by atoms with Crippen LogP contribution in [0.2, 0.25) is 5.02 Å². The molecular formula is C23H20ClN5O4. The van der Waals surface area contributed by atoms with Gasteiger partial charge in [-0.2, -0.15) is 0 Å². The summed E-state index contributed by atoms with van der Waals surface area (Å²) in [4.78, 5) is 37.7. The van der Waals surface area contributed by atoms with Crippen LogP contribution >= 0.6 is 11.6 Å². The van der Waals surface area contributed by atoms with E-state index in [9.17, 15) is 14.4 Å². The number of nitrogens with zero attached hydrogens (tertiary/aromatic N) is 3. The van der Waals surface area contributed by atoms with Crippen LogP contribution in [0.25, 0.3) is 5.65 Å². The molecule has 2 aromatic carbocycles. The van der Waals surface area contributed by atoms with Crippen molar-refractivity contribution in [3.8, 4) is 5.75 Å². The van der Waals surface area contributed by atoms with Crippen molar-refractivity contribution in [1.82, 2.24) is 14.2 Å². The molecule has 2 N–H and O–H groups in total. The number of fused-ring (bicyclic) bond motifs is 1. The summed E-state index contributed by atoms with van der Waals surface area (Å²) in [6.45, 7) is 1.56. The first-order chi connectivity index (χ1) is 15.8. The van der Waals surface area contributed by atoms with E-state index in [2.05, 4.69) is 15.7 Å². The first kappa shape index (κ1) is 22.1. The smallest absolute Gasteiger partial charge is 0.350 e. The molecule has 0 aliphatic heterocycles. The van der Waals surface area contributed by atoms with Crippen LogP contribution < -0.4 is 21.1 Å². The van der Waals surface area contributed by atoms with Gasteiger partial charge >= 0.3 is 5.69 Å². The Morgan fingerprint density at radius 3 is 2.45 bits per heavy atom. The van der Waals surface area contributed by atoms with E-state index in [1.54, 1.807) is 61.7 Å². The third kappa shape index (κ3) is 4.88. The largest absolute Gasteiger partial charge is 0.497 e. The second kappa shape index (κ2) is 9.17. The highest BCUT2D eigenvalue weighted by Crippen LogP contribution is 2.20. The average Bonchev–Trinajstić information content (AvgIpc) is 3.11. The fourth-order valence-corrected chi connectivity index (χ4v) is 3.32. The zero-order valence-corrected chi connectivity index (χ0v) is 18.6. The predicted molar refractivity (Wildman–Crippen MR) is 125 cm³/mol. The molecule has 2 aromatic heterocycles. The van der Waals surface area contributed by atoms with Gasteiger partial charge in [0.2, 0.25) is 5.91 Å². The summed E-state index contributed by atoms with van der Waals surface area (Å²) in [6, 6.07) is 15.1. The molecule has 0 fully saturated rings. The van der Waals surface area contributed by atoms with E-state index in [4.69, 9.17) is 16.3 Å².